The van der Waals surface area contributed by atoms with Gasteiger partial charge < -0.3 is 124 Å². The zero-order chi connectivity index (χ0) is 43.2. The molecule has 28 heteroatoms. The van der Waals surface area contributed by atoms with E-state index in [9.17, 15) is 96.1 Å². The summed E-state index contributed by atoms with van der Waals surface area (Å²) < 4.78 is 48.6. The Balaban J connectivity index is 1.51. The molecule has 0 aromatic heterocycles. The first kappa shape index (κ1) is 46.6. The van der Waals surface area contributed by atoms with Gasteiger partial charge in [-0.1, -0.05) is 0 Å². The molecular weight excluding hydrogens is 808 g/mol. The van der Waals surface area contributed by atoms with Gasteiger partial charge in [-0.15, -0.1) is 0 Å². The van der Waals surface area contributed by atoms with Gasteiger partial charge in [0.1, 0.15) is 97.7 Å². The van der Waals surface area contributed by atoms with Crippen LogP contribution in [0.15, 0.2) is 0 Å². The minimum absolute atomic E-state index is 0.998. The van der Waals surface area contributed by atoms with Crippen LogP contribution >= 0.6 is 0 Å². The van der Waals surface area contributed by atoms with Gasteiger partial charge in [0.15, 0.2) is 49.8 Å². The lowest BCUT2D eigenvalue weighted by atomic mass is 9.95. The molecule has 0 radical (unpaired) electrons. The molecule has 0 bridgehead atoms. The Morgan fingerprint density at radius 2 is 0.828 bits per heavy atom. The number of rotatable bonds is 12. The minimum atomic E-state index is -2.50. The van der Waals surface area contributed by atoms with Crippen LogP contribution in [0.4, 0.5) is 0 Å². The number of hydrogen-bond donors (Lipinski definition) is 16. The lowest BCUT2D eigenvalue weighted by Crippen LogP contribution is -2.69. The Bertz CT molecular complexity index is 1420. The fourth-order valence-corrected chi connectivity index (χ4v) is 6.85. The van der Waals surface area contributed by atoms with Crippen molar-refractivity contribution in [2.75, 3.05) is 6.61 Å². The van der Waals surface area contributed by atoms with E-state index in [0.29, 0.717) is 0 Å². The van der Waals surface area contributed by atoms with Crippen molar-refractivity contribution in [2.24, 2.45) is 0 Å². The van der Waals surface area contributed by atoms with E-state index in [1.807, 2.05) is 0 Å². The lowest BCUT2D eigenvalue weighted by molar-refractivity contribution is -0.407. The van der Waals surface area contributed by atoms with Crippen molar-refractivity contribution in [3.63, 3.8) is 0 Å². The van der Waals surface area contributed by atoms with E-state index in [-0.39, 0.29) is 0 Å². The Kier molecular flexibility index (Phi) is 15.0. The highest BCUT2D eigenvalue weighted by atomic mass is 16.8. The molecule has 0 aliphatic carbocycles. The van der Waals surface area contributed by atoms with Gasteiger partial charge in [0.05, 0.1) is 12.7 Å². The van der Waals surface area contributed by atoms with E-state index in [2.05, 4.69) is 0 Å². The van der Waals surface area contributed by atoms with Crippen LogP contribution in [0.25, 0.3) is 0 Å². The number of ether oxygens (including phenoxy) is 9. The van der Waals surface area contributed by atoms with Crippen LogP contribution in [-0.2, 0) is 57.0 Å². The standard InChI is InChI=1S/C30H46O28/c1-3-5(32)7(34)13(40)27(50-3)53-16-15(42)21(56-28-14(41)8(35)6(33)4(2-31)51-28)30(58-22(16)25(47)48)57-20-12(39)10(37)18(24(45)46)54-29(20)55-19-11(38)9(36)17(23(43)44)52-26(19)49/h3-22,26-42,49H,2H2,1H3,(H,43,44)(H,45,46)(H,47,48)/t3-,4+,5+,6+,7+,8-,9-,10-,11-,12-,13-,14+,15-,16-,17-,18-,19+,20+,21+,22-,26-,27-,28+,29+,30-/m0/s1. The average Bonchev–Trinajstić information content (AvgIpc) is 3.16. The van der Waals surface area contributed by atoms with E-state index in [0.717, 1.165) is 0 Å². The van der Waals surface area contributed by atoms with Crippen LogP contribution in [0.1, 0.15) is 6.92 Å². The molecule has 16 N–H and O–H groups in total. The van der Waals surface area contributed by atoms with Gasteiger partial charge in [0.25, 0.3) is 0 Å². The summed E-state index contributed by atoms with van der Waals surface area (Å²) in [7, 11) is 0. The maximum atomic E-state index is 12.6. The van der Waals surface area contributed by atoms with Crippen LogP contribution < -0.4 is 0 Å². The first-order valence-corrected chi connectivity index (χ1v) is 17.5. The predicted octanol–water partition coefficient (Wildman–Crippen LogP) is -10.6. The third kappa shape index (κ3) is 9.08. The fourth-order valence-electron chi connectivity index (χ4n) is 6.85. The third-order valence-corrected chi connectivity index (χ3v) is 10.2. The number of carboxylic acids is 3. The number of aliphatic hydroxyl groups is 13. The molecule has 334 valence electrons. The summed E-state index contributed by atoms with van der Waals surface area (Å²) in [5.74, 6) is -5.75. The molecule has 5 aliphatic rings. The average molecular weight is 855 g/mol. The van der Waals surface area contributed by atoms with Crippen LogP contribution in [0, 0.1) is 0 Å². The van der Waals surface area contributed by atoms with Crippen molar-refractivity contribution in [3.8, 4) is 0 Å². The van der Waals surface area contributed by atoms with Gasteiger partial charge in [-0.2, -0.15) is 0 Å². The second-order valence-corrected chi connectivity index (χ2v) is 14.0. The SMILES string of the molecule is C[C@@H]1O[C@@H](O[C@H]2[C@H](O)[C@@H](O[C@H]3O[C@H](CO)[C@@H](O)[C@H](O)[C@H]3O)[C@@H](O[C@H]3[C@@H](O[C@@H]4[C@@H](O)[C@H](O)[C@@H](C(=O)O)O[C@@H]4O)O[C@H](C(=O)O)[C@@H](O)[C@@H]3O)O[C@@H]2C(=O)O)[C@@H](O)[C@H](O)[C@@H]1O. The highest BCUT2D eigenvalue weighted by molar-refractivity contribution is 5.74. The van der Waals surface area contributed by atoms with Gasteiger partial charge >= 0.3 is 17.9 Å². The molecule has 0 saturated carbocycles. The molecule has 5 heterocycles. The summed E-state index contributed by atoms with van der Waals surface area (Å²) in [6, 6.07) is 0. The van der Waals surface area contributed by atoms with Crippen molar-refractivity contribution in [1.29, 1.82) is 0 Å². The van der Waals surface area contributed by atoms with E-state index >= 15 is 0 Å². The van der Waals surface area contributed by atoms with Crippen LogP contribution in [0.2, 0.25) is 0 Å². The van der Waals surface area contributed by atoms with Crippen LogP contribution in [-0.4, -0.2) is 260 Å². The summed E-state index contributed by atoms with van der Waals surface area (Å²) in [4.78, 5) is 36.0. The Morgan fingerprint density at radius 3 is 1.36 bits per heavy atom. The number of aliphatic carboxylic acids is 3. The van der Waals surface area contributed by atoms with E-state index in [1.165, 1.54) is 6.92 Å². The molecule has 5 saturated heterocycles. The highest BCUT2D eigenvalue weighted by Gasteiger charge is 2.59. The quantitative estimate of drug-likeness (QED) is 0.0866. The lowest BCUT2D eigenvalue weighted by Gasteiger charge is -2.50. The first-order valence-electron chi connectivity index (χ1n) is 17.5. The number of carboxylic acid groups (broad SMARTS) is 3. The largest absolute Gasteiger partial charge is 0.479 e. The minimum Gasteiger partial charge on any atom is -0.479 e. The molecule has 0 aromatic carbocycles. The second-order valence-electron chi connectivity index (χ2n) is 14.0. The Labute approximate surface area is 324 Å². The smallest absolute Gasteiger partial charge is 0.335 e. The van der Waals surface area contributed by atoms with Crippen molar-refractivity contribution in [1.82, 2.24) is 0 Å². The summed E-state index contributed by atoms with van der Waals surface area (Å²) in [6.07, 6.45) is -54.8. The molecule has 0 unspecified atom stereocenters. The van der Waals surface area contributed by atoms with Gasteiger partial charge in [0.2, 0.25) is 0 Å². The maximum absolute atomic E-state index is 12.6. The Hall–Kier alpha value is -2.47. The predicted molar refractivity (Wildman–Crippen MR) is 167 cm³/mol. The summed E-state index contributed by atoms with van der Waals surface area (Å²) in [5.41, 5.74) is 0. The van der Waals surface area contributed by atoms with Crippen LogP contribution in [0.3, 0.4) is 0 Å². The van der Waals surface area contributed by atoms with Crippen LogP contribution in [0.5, 0.6) is 0 Å². The Morgan fingerprint density at radius 1 is 0.414 bits per heavy atom. The molecule has 0 aromatic rings. The van der Waals surface area contributed by atoms with Gasteiger partial charge in [0, 0.05) is 0 Å². The summed E-state index contributed by atoms with van der Waals surface area (Å²) in [6.45, 7) is 0.234. The first-order chi connectivity index (χ1) is 27.1. The molecule has 5 aliphatic heterocycles. The highest BCUT2D eigenvalue weighted by Crippen LogP contribution is 2.37. The molecule has 0 amide bonds. The monoisotopic (exact) mass is 854 g/mol. The number of hydrogen-bond acceptors (Lipinski definition) is 25. The molecule has 0 spiro atoms. The molecule has 28 nitrogen and oxygen atoms in total. The zero-order valence-electron chi connectivity index (χ0n) is 29.7. The van der Waals surface area contributed by atoms with Crippen molar-refractivity contribution in [2.45, 2.75) is 160 Å². The third-order valence-electron chi connectivity index (χ3n) is 10.2. The zero-order valence-corrected chi connectivity index (χ0v) is 29.7. The molecule has 58 heavy (non-hydrogen) atoms. The topological polar surface area (TPSA) is 458 Å². The molecule has 25 atom stereocenters. The molecule has 5 fully saturated rings. The van der Waals surface area contributed by atoms with Crippen molar-refractivity contribution >= 4 is 17.9 Å². The fraction of sp³-hybridized carbons (Fsp3) is 0.900. The normalized spacial score (nSPS) is 51.5. The van der Waals surface area contributed by atoms with Crippen molar-refractivity contribution < 1.29 is 139 Å². The molecular formula is C30H46O28. The summed E-state index contributed by atoms with van der Waals surface area (Å²) >= 11 is 0. The van der Waals surface area contributed by atoms with E-state index < -0.39 is 178 Å². The van der Waals surface area contributed by atoms with Gasteiger partial charge in [-0.05, 0) is 6.92 Å². The second kappa shape index (κ2) is 18.7. The van der Waals surface area contributed by atoms with Gasteiger partial charge in [-0.3, -0.25) is 0 Å². The summed E-state index contributed by atoms with van der Waals surface area (Å²) in [5, 5.41) is 166. The maximum Gasteiger partial charge on any atom is 0.335 e. The van der Waals surface area contributed by atoms with E-state index in [4.69, 9.17) is 42.6 Å². The number of aliphatic hydroxyl groups excluding tert-OH is 13. The van der Waals surface area contributed by atoms with Gasteiger partial charge in [-0.25, -0.2) is 14.4 Å². The van der Waals surface area contributed by atoms with Crippen molar-refractivity contribution in [3.05, 3.63) is 0 Å². The number of carbonyl (C=O) groups is 3. The molecule has 5 rings (SSSR count). The van der Waals surface area contributed by atoms with E-state index in [1.54, 1.807) is 0 Å².